The van der Waals surface area contributed by atoms with Crippen molar-refractivity contribution < 1.29 is 70.7 Å². The van der Waals surface area contributed by atoms with Crippen LogP contribution >= 0.6 is 0 Å². The molecule has 0 atom stereocenters. The Morgan fingerprint density at radius 3 is 1.42 bits per heavy atom. The van der Waals surface area contributed by atoms with Crippen molar-refractivity contribution in [2.75, 3.05) is 0 Å². The van der Waals surface area contributed by atoms with Crippen molar-refractivity contribution in [3.8, 4) is 0 Å². The zero-order chi connectivity index (χ0) is 34.4. The third-order valence-corrected chi connectivity index (χ3v) is 9.29. The molecular weight excluding hydrogens is 649 g/mol. The molecule has 45 heavy (non-hydrogen) atoms. The van der Waals surface area contributed by atoms with Crippen LogP contribution in [0.4, 0.5) is 65.9 Å². The summed E-state index contributed by atoms with van der Waals surface area (Å²) in [7, 11) is 0. The van der Waals surface area contributed by atoms with E-state index in [1.165, 1.54) is 25.7 Å². The highest BCUT2D eigenvalue weighted by Gasteiger charge is 2.94. The maximum atomic E-state index is 14.3. The van der Waals surface area contributed by atoms with Gasteiger partial charge in [0.1, 0.15) is 0 Å². The molecule has 0 aliphatic heterocycles. The van der Waals surface area contributed by atoms with Gasteiger partial charge in [0.2, 0.25) is 5.78 Å². The minimum atomic E-state index is -8.43. The summed E-state index contributed by atoms with van der Waals surface area (Å²) in [6, 6.07) is 2.90. The molecule has 0 saturated heterocycles. The third-order valence-electron chi connectivity index (χ3n) is 9.29. The largest absolute Gasteiger partial charge is 0.460 e. The second kappa shape index (κ2) is 12.5. The Hall–Kier alpha value is -2.16. The summed E-state index contributed by atoms with van der Waals surface area (Å²) in [6.07, 6.45) is 2.09. The topological polar surface area (TPSA) is 17.1 Å². The van der Waals surface area contributed by atoms with E-state index in [2.05, 4.69) is 6.92 Å². The molecule has 16 heteroatoms. The first-order chi connectivity index (χ1) is 20.3. The minimum absolute atomic E-state index is 0.319. The zero-order valence-corrected chi connectivity index (χ0v) is 23.8. The van der Waals surface area contributed by atoms with E-state index < -0.39 is 53.1 Å². The molecule has 0 heterocycles. The zero-order valence-electron chi connectivity index (χ0n) is 23.8. The molecule has 1 aromatic rings. The molecule has 0 spiro atoms. The van der Waals surface area contributed by atoms with E-state index in [0.29, 0.717) is 48.3 Å². The van der Waals surface area contributed by atoms with E-state index in [1.807, 2.05) is 0 Å². The number of hydrogen-bond donors (Lipinski definition) is 0. The number of halogens is 15. The Kier molecular flexibility index (Phi) is 10.3. The molecule has 2 aliphatic rings. The highest BCUT2D eigenvalue weighted by molar-refractivity contribution is 6.02. The summed E-state index contributed by atoms with van der Waals surface area (Å²) >= 11 is 0. The van der Waals surface area contributed by atoms with E-state index in [-0.39, 0.29) is 0 Å². The van der Waals surface area contributed by atoms with Crippen LogP contribution < -0.4 is 0 Å². The van der Waals surface area contributed by atoms with E-state index in [4.69, 9.17) is 0 Å². The SMILES string of the molecule is CC1CCC(C2CCC(CCc3ccc(C(=O)C(F)(F)C(F)(F)C(F)(F)C(F)(F)C(F)(F)C(F)(F)C(F)(F)F)cc3)CC2)CC1. The first kappa shape index (κ1) is 37.3. The number of carbonyl (C=O) groups excluding carboxylic acids is 1. The number of rotatable bonds is 11. The van der Waals surface area contributed by atoms with Gasteiger partial charge in [-0.15, -0.1) is 0 Å². The normalized spacial score (nSPS) is 24.9. The fraction of sp³-hybridized carbons (Fsp3) is 0.759. The average molecular weight is 681 g/mol. The predicted molar refractivity (Wildman–Crippen MR) is 131 cm³/mol. The number of ketones is 1. The van der Waals surface area contributed by atoms with Gasteiger partial charge in [-0.05, 0) is 67.8 Å². The van der Waals surface area contributed by atoms with Crippen LogP contribution in [0, 0.1) is 23.7 Å². The molecule has 1 nitrogen and oxygen atoms in total. The monoisotopic (exact) mass is 680 g/mol. The van der Waals surface area contributed by atoms with Crippen molar-refractivity contribution in [3.63, 3.8) is 0 Å². The van der Waals surface area contributed by atoms with Crippen LogP contribution in [0.1, 0.15) is 80.6 Å². The van der Waals surface area contributed by atoms with Crippen molar-refractivity contribution >= 4 is 5.78 Å². The van der Waals surface area contributed by atoms with Gasteiger partial charge in [-0.1, -0.05) is 56.9 Å². The Morgan fingerprint density at radius 1 is 0.578 bits per heavy atom. The van der Waals surface area contributed by atoms with Gasteiger partial charge in [0, 0.05) is 5.56 Å². The molecule has 0 N–H and O–H groups in total. The van der Waals surface area contributed by atoms with Gasteiger partial charge < -0.3 is 0 Å². The second-order valence-corrected chi connectivity index (χ2v) is 12.3. The maximum absolute atomic E-state index is 14.3. The van der Waals surface area contributed by atoms with E-state index in [1.54, 1.807) is 0 Å². The second-order valence-electron chi connectivity index (χ2n) is 12.3. The average Bonchev–Trinajstić information content (AvgIpc) is 2.95. The smallest absolute Gasteiger partial charge is 0.287 e. The molecule has 0 radical (unpaired) electrons. The number of Topliss-reactive ketones (excluding diaryl/α,β-unsaturated/α-hetero) is 1. The van der Waals surface area contributed by atoms with Gasteiger partial charge >= 0.3 is 41.7 Å². The van der Waals surface area contributed by atoms with Crippen LogP contribution in [0.5, 0.6) is 0 Å². The predicted octanol–water partition coefficient (Wildman–Crippen LogP) is 10.8. The highest BCUT2D eigenvalue weighted by atomic mass is 19.4. The quantitative estimate of drug-likeness (QED) is 0.168. The maximum Gasteiger partial charge on any atom is 0.460 e. The van der Waals surface area contributed by atoms with E-state index in [9.17, 15) is 70.7 Å². The summed E-state index contributed by atoms with van der Waals surface area (Å²) in [6.45, 7) is 2.23. The Bertz CT molecular complexity index is 1160. The molecule has 0 aromatic heterocycles. The number of carbonyl (C=O) groups is 1. The standard InChI is InChI=1S/C29H31F15O/c1-16-2-10-19(11-3-16)20-12-6-17(7-13-20)4-5-18-8-14-21(15-9-18)22(45)23(30,31)24(32,33)25(34,35)26(36,37)27(38,39)28(40,41)29(42,43)44/h8-9,14-17,19-20H,2-7,10-13H2,1H3. The minimum Gasteiger partial charge on any atom is -0.287 e. The van der Waals surface area contributed by atoms with Crippen LogP contribution in [0.25, 0.3) is 0 Å². The molecule has 0 amide bonds. The summed E-state index contributed by atoms with van der Waals surface area (Å²) in [4.78, 5) is 12.1. The number of hydrogen-bond acceptors (Lipinski definition) is 1. The Labute approximate surface area is 248 Å². The molecule has 0 bridgehead atoms. The Morgan fingerprint density at radius 2 is 0.978 bits per heavy atom. The van der Waals surface area contributed by atoms with Gasteiger partial charge in [-0.25, -0.2) is 0 Å². The molecule has 2 aliphatic carbocycles. The van der Waals surface area contributed by atoms with Gasteiger partial charge in [0.25, 0.3) is 0 Å². The van der Waals surface area contributed by atoms with Gasteiger partial charge in [0.05, 0.1) is 0 Å². The van der Waals surface area contributed by atoms with Crippen LogP contribution in [0.3, 0.4) is 0 Å². The summed E-state index contributed by atoms with van der Waals surface area (Å²) < 4.78 is 202. The third kappa shape index (κ3) is 6.53. The van der Waals surface area contributed by atoms with Crippen molar-refractivity contribution in [1.29, 1.82) is 0 Å². The molecule has 3 rings (SSSR count). The number of alkyl halides is 15. The molecule has 1 aromatic carbocycles. The lowest BCUT2D eigenvalue weighted by Gasteiger charge is -2.41. The molecule has 2 saturated carbocycles. The lowest BCUT2D eigenvalue weighted by Crippen LogP contribution is -2.73. The number of benzene rings is 1. The fourth-order valence-electron chi connectivity index (χ4n) is 6.19. The Balaban J connectivity index is 1.68. The van der Waals surface area contributed by atoms with Crippen molar-refractivity contribution in [3.05, 3.63) is 35.4 Å². The van der Waals surface area contributed by atoms with Crippen molar-refractivity contribution in [2.45, 2.75) is 113 Å². The fourth-order valence-corrected chi connectivity index (χ4v) is 6.19. The lowest BCUT2D eigenvalue weighted by molar-refractivity contribution is -0.449. The lowest BCUT2D eigenvalue weighted by atomic mass is 9.69. The van der Waals surface area contributed by atoms with Crippen LogP contribution in [0.2, 0.25) is 0 Å². The first-order valence-electron chi connectivity index (χ1n) is 14.3. The molecule has 258 valence electrons. The molecule has 2 fully saturated rings. The van der Waals surface area contributed by atoms with E-state index >= 15 is 0 Å². The molecule has 0 unspecified atom stereocenters. The first-order valence-corrected chi connectivity index (χ1v) is 14.3. The van der Waals surface area contributed by atoms with E-state index in [0.717, 1.165) is 43.7 Å². The summed E-state index contributed by atoms with van der Waals surface area (Å²) in [5.74, 6) is -48.8. The van der Waals surface area contributed by atoms with Gasteiger partial charge in [0.15, 0.2) is 0 Å². The van der Waals surface area contributed by atoms with Crippen molar-refractivity contribution in [1.82, 2.24) is 0 Å². The van der Waals surface area contributed by atoms with Gasteiger partial charge in [-0.3, -0.25) is 4.79 Å². The van der Waals surface area contributed by atoms with Crippen LogP contribution in [-0.2, 0) is 6.42 Å². The molecular formula is C29H31F15O. The van der Waals surface area contributed by atoms with Crippen LogP contribution in [0.15, 0.2) is 24.3 Å². The summed E-state index contributed by atoms with van der Waals surface area (Å²) in [5, 5.41) is 0. The van der Waals surface area contributed by atoms with Crippen molar-refractivity contribution in [2.24, 2.45) is 23.7 Å². The van der Waals surface area contributed by atoms with Gasteiger partial charge in [-0.2, -0.15) is 65.9 Å². The number of aryl methyl sites for hydroxylation is 1. The summed E-state index contributed by atoms with van der Waals surface area (Å²) in [5.41, 5.74) is -1.06. The highest BCUT2D eigenvalue weighted by Crippen LogP contribution is 2.62. The van der Waals surface area contributed by atoms with Crippen LogP contribution in [-0.4, -0.2) is 47.5 Å².